The molecule has 0 spiro atoms. The van der Waals surface area contributed by atoms with Crippen LogP contribution in [0.25, 0.3) is 0 Å². The van der Waals surface area contributed by atoms with Crippen LogP contribution in [0.3, 0.4) is 0 Å². The normalized spacial score (nSPS) is 19.5. The first-order valence-electron chi connectivity index (χ1n) is 7.24. The predicted octanol–water partition coefficient (Wildman–Crippen LogP) is 2.01. The Labute approximate surface area is 124 Å². The van der Waals surface area contributed by atoms with E-state index in [4.69, 9.17) is 9.47 Å². The van der Waals surface area contributed by atoms with E-state index in [2.05, 4.69) is 5.32 Å². The van der Waals surface area contributed by atoms with Gasteiger partial charge in [-0.1, -0.05) is 44.2 Å². The Morgan fingerprint density at radius 1 is 1.24 bits per heavy atom. The molecule has 1 aliphatic rings. The summed E-state index contributed by atoms with van der Waals surface area (Å²) in [6.45, 7) is 3.98. The zero-order valence-electron chi connectivity index (χ0n) is 12.4. The number of esters is 1. The van der Waals surface area contributed by atoms with Gasteiger partial charge in [-0.3, -0.25) is 4.79 Å². The van der Waals surface area contributed by atoms with Crippen LogP contribution in [0.5, 0.6) is 0 Å². The fourth-order valence-corrected chi connectivity index (χ4v) is 2.52. The van der Waals surface area contributed by atoms with Gasteiger partial charge >= 0.3 is 5.97 Å². The van der Waals surface area contributed by atoms with E-state index in [9.17, 15) is 9.59 Å². The molecule has 1 fully saturated rings. The van der Waals surface area contributed by atoms with Crippen molar-refractivity contribution in [3.05, 3.63) is 35.9 Å². The minimum atomic E-state index is -0.500. The Morgan fingerprint density at radius 3 is 2.48 bits per heavy atom. The molecule has 0 radical (unpaired) electrons. The summed E-state index contributed by atoms with van der Waals surface area (Å²) in [6, 6.07) is 9.46. The summed E-state index contributed by atoms with van der Waals surface area (Å²) < 4.78 is 10.6. The molecule has 2 rings (SSSR count). The maximum atomic E-state index is 11.7. The van der Waals surface area contributed by atoms with Gasteiger partial charge in [0, 0.05) is 0 Å². The number of β-lactam (4-membered cyclic amide) rings is 1. The minimum Gasteiger partial charge on any atom is -0.459 e. The van der Waals surface area contributed by atoms with E-state index >= 15 is 0 Å². The lowest BCUT2D eigenvalue weighted by molar-refractivity contribution is -0.183. The van der Waals surface area contributed by atoms with Crippen molar-refractivity contribution in [1.29, 1.82) is 0 Å². The molecule has 114 valence electrons. The number of hydrogen-bond donors (Lipinski definition) is 1. The number of carbonyl (C=O) groups is 2. The van der Waals surface area contributed by atoms with E-state index < -0.39 is 17.6 Å². The topological polar surface area (TPSA) is 64.6 Å². The van der Waals surface area contributed by atoms with Crippen LogP contribution >= 0.6 is 0 Å². The molecular weight excluding hydrogens is 270 g/mol. The van der Waals surface area contributed by atoms with Crippen LogP contribution in [0, 0.1) is 5.41 Å². The van der Waals surface area contributed by atoms with Gasteiger partial charge in [0.1, 0.15) is 19.4 Å². The number of rotatable bonds is 7. The Hall–Kier alpha value is -1.88. The maximum absolute atomic E-state index is 11.7. The summed E-state index contributed by atoms with van der Waals surface area (Å²) >= 11 is 0. The summed E-state index contributed by atoms with van der Waals surface area (Å²) in [4.78, 5) is 23.3. The van der Waals surface area contributed by atoms with E-state index in [-0.39, 0.29) is 19.1 Å². The second-order valence-electron chi connectivity index (χ2n) is 5.17. The van der Waals surface area contributed by atoms with Gasteiger partial charge in [0.25, 0.3) is 0 Å². The highest BCUT2D eigenvalue weighted by Crippen LogP contribution is 2.38. The average molecular weight is 291 g/mol. The fourth-order valence-electron chi connectivity index (χ4n) is 2.52. The first-order chi connectivity index (χ1) is 10.1. The molecule has 0 aliphatic carbocycles. The zero-order valence-corrected chi connectivity index (χ0v) is 12.4. The molecular formula is C16H21NO4. The third kappa shape index (κ3) is 3.24. The van der Waals surface area contributed by atoms with E-state index in [0.717, 1.165) is 5.56 Å². The molecule has 1 aromatic carbocycles. The standard InChI is InChI=1S/C16H21NO4/c1-3-16(4-2)14(19)17-15(16)21-11-13(18)20-10-12-8-6-5-7-9-12/h5-9,15H,3-4,10-11H2,1-2H3,(H,17,19). The Morgan fingerprint density at radius 2 is 1.90 bits per heavy atom. The van der Waals surface area contributed by atoms with Gasteiger partial charge in [0.2, 0.25) is 5.91 Å². The Kier molecular flexibility index (Phi) is 4.96. The van der Waals surface area contributed by atoms with Gasteiger partial charge in [0.15, 0.2) is 0 Å². The third-order valence-electron chi connectivity index (χ3n) is 4.09. The molecule has 1 unspecified atom stereocenters. The van der Waals surface area contributed by atoms with Gasteiger partial charge < -0.3 is 14.8 Å². The van der Waals surface area contributed by atoms with E-state index in [1.807, 2.05) is 44.2 Å². The summed E-state index contributed by atoms with van der Waals surface area (Å²) in [7, 11) is 0. The number of nitrogens with one attached hydrogen (secondary N) is 1. The molecule has 5 heteroatoms. The second kappa shape index (κ2) is 6.72. The highest BCUT2D eigenvalue weighted by Gasteiger charge is 2.53. The molecule has 1 aliphatic heterocycles. The molecule has 1 heterocycles. The van der Waals surface area contributed by atoms with Crippen molar-refractivity contribution in [3.8, 4) is 0 Å². The zero-order chi connectivity index (χ0) is 15.3. The molecule has 0 saturated carbocycles. The smallest absolute Gasteiger partial charge is 0.332 e. The predicted molar refractivity (Wildman–Crippen MR) is 77.1 cm³/mol. The third-order valence-corrected chi connectivity index (χ3v) is 4.09. The maximum Gasteiger partial charge on any atom is 0.332 e. The second-order valence-corrected chi connectivity index (χ2v) is 5.17. The first kappa shape index (κ1) is 15.5. The van der Waals surface area contributed by atoms with Crippen LogP contribution in [0.15, 0.2) is 30.3 Å². The monoisotopic (exact) mass is 291 g/mol. The van der Waals surface area contributed by atoms with E-state index in [1.54, 1.807) is 0 Å². The van der Waals surface area contributed by atoms with E-state index in [0.29, 0.717) is 12.8 Å². The van der Waals surface area contributed by atoms with Crippen LogP contribution in [0.1, 0.15) is 32.3 Å². The minimum absolute atomic E-state index is 0.00449. The van der Waals surface area contributed by atoms with Gasteiger partial charge in [-0.05, 0) is 18.4 Å². The fraction of sp³-hybridized carbons (Fsp3) is 0.500. The van der Waals surface area contributed by atoms with Crippen molar-refractivity contribution < 1.29 is 19.1 Å². The van der Waals surface area contributed by atoms with Crippen LogP contribution in [0.2, 0.25) is 0 Å². The molecule has 1 aromatic rings. The van der Waals surface area contributed by atoms with Gasteiger partial charge in [-0.2, -0.15) is 0 Å². The summed E-state index contributed by atoms with van der Waals surface area (Å²) in [6.07, 6.45) is 0.988. The number of ether oxygens (including phenoxy) is 2. The van der Waals surface area contributed by atoms with Crippen LogP contribution in [-0.2, 0) is 25.7 Å². The van der Waals surface area contributed by atoms with Crippen LogP contribution < -0.4 is 5.32 Å². The molecule has 0 aromatic heterocycles. The largest absolute Gasteiger partial charge is 0.459 e. The van der Waals surface area contributed by atoms with Gasteiger partial charge in [0.05, 0.1) is 5.41 Å². The lowest BCUT2D eigenvalue weighted by atomic mass is 9.73. The van der Waals surface area contributed by atoms with Crippen molar-refractivity contribution >= 4 is 11.9 Å². The molecule has 1 saturated heterocycles. The Bertz CT molecular complexity index is 496. The molecule has 1 amide bonds. The lowest BCUT2D eigenvalue weighted by Crippen LogP contribution is -2.67. The molecule has 21 heavy (non-hydrogen) atoms. The molecule has 5 nitrogen and oxygen atoms in total. The summed E-state index contributed by atoms with van der Waals surface area (Å²) in [5, 5.41) is 2.70. The lowest BCUT2D eigenvalue weighted by Gasteiger charge is -2.47. The average Bonchev–Trinajstić information content (AvgIpc) is 2.51. The summed E-state index contributed by atoms with van der Waals surface area (Å²) in [5.41, 5.74) is 0.430. The van der Waals surface area contributed by atoms with Crippen molar-refractivity contribution in [2.24, 2.45) is 5.41 Å². The van der Waals surface area contributed by atoms with Crippen molar-refractivity contribution in [1.82, 2.24) is 5.32 Å². The van der Waals surface area contributed by atoms with Crippen molar-refractivity contribution in [2.75, 3.05) is 6.61 Å². The highest BCUT2D eigenvalue weighted by atomic mass is 16.6. The summed E-state index contributed by atoms with van der Waals surface area (Å²) in [5.74, 6) is -0.434. The molecule has 1 N–H and O–H groups in total. The Balaban J connectivity index is 1.76. The van der Waals surface area contributed by atoms with Crippen molar-refractivity contribution in [2.45, 2.75) is 39.5 Å². The number of amides is 1. The van der Waals surface area contributed by atoms with Gasteiger partial charge in [-0.25, -0.2) is 4.79 Å². The van der Waals surface area contributed by atoms with Crippen LogP contribution in [-0.4, -0.2) is 24.7 Å². The number of carbonyl (C=O) groups excluding carboxylic acids is 2. The van der Waals surface area contributed by atoms with Crippen LogP contribution in [0.4, 0.5) is 0 Å². The SMILES string of the molecule is CCC1(CC)C(=O)NC1OCC(=O)OCc1ccccc1. The van der Waals surface area contributed by atoms with Crippen molar-refractivity contribution in [3.63, 3.8) is 0 Å². The molecule has 0 bridgehead atoms. The highest BCUT2D eigenvalue weighted by molar-refractivity contribution is 5.89. The quantitative estimate of drug-likeness (QED) is 0.616. The number of benzene rings is 1. The number of hydrogen-bond acceptors (Lipinski definition) is 4. The first-order valence-corrected chi connectivity index (χ1v) is 7.24. The van der Waals surface area contributed by atoms with E-state index in [1.165, 1.54) is 0 Å². The molecule has 1 atom stereocenters. The van der Waals surface area contributed by atoms with Gasteiger partial charge in [-0.15, -0.1) is 0 Å².